The van der Waals surface area contributed by atoms with Crippen molar-refractivity contribution < 1.29 is 23.7 Å². The highest BCUT2D eigenvalue weighted by molar-refractivity contribution is 4.81. The molecule has 0 N–H and O–H groups in total. The number of ether oxygens (including phenoxy) is 5. The van der Waals surface area contributed by atoms with Gasteiger partial charge in [0, 0.05) is 30.3 Å². The maximum absolute atomic E-state index is 6.51. The lowest BCUT2D eigenvalue weighted by Gasteiger charge is -2.37. The third-order valence-electron chi connectivity index (χ3n) is 10.3. The van der Waals surface area contributed by atoms with Gasteiger partial charge in [0.1, 0.15) is 0 Å². The van der Waals surface area contributed by atoms with E-state index >= 15 is 0 Å². The van der Waals surface area contributed by atoms with E-state index in [1.54, 1.807) is 0 Å². The van der Waals surface area contributed by atoms with E-state index in [1.165, 1.54) is 0 Å². The molecule has 0 radical (unpaired) electrons. The zero-order valence-electron chi connectivity index (χ0n) is 36.5. The van der Waals surface area contributed by atoms with E-state index in [2.05, 4.69) is 145 Å². The smallest absolute Gasteiger partial charge is 0.0598 e. The van der Waals surface area contributed by atoms with Crippen molar-refractivity contribution in [1.29, 1.82) is 0 Å². The molecular formula is C43H88O5. The summed E-state index contributed by atoms with van der Waals surface area (Å²) in [5.41, 5.74) is 0.704. The summed E-state index contributed by atoms with van der Waals surface area (Å²) in [5, 5.41) is 0. The molecule has 0 aromatic rings. The molecular weight excluding hydrogens is 596 g/mol. The standard InChI is InChI=1S/C43H88O5/c1-37(2,3)22-32(38(4,5)6)23-44-24-33(39(7,8)9)25-45-26-34(40(10,11)12)27-46-28-35(41(13,14)15)29-47-30-36(42(16,17)18)31-48-43(19,20)21/h32-36H,22-31H2,1-21H3. The van der Waals surface area contributed by atoms with E-state index in [-0.39, 0.29) is 44.0 Å². The first kappa shape index (κ1) is 47.8. The van der Waals surface area contributed by atoms with Crippen LogP contribution in [0.25, 0.3) is 0 Å². The third-order valence-corrected chi connectivity index (χ3v) is 10.3. The molecule has 0 saturated carbocycles. The molecule has 5 atom stereocenters. The normalized spacial score (nSPS) is 17.7. The Kier molecular flexibility index (Phi) is 19.0. The van der Waals surface area contributed by atoms with Crippen molar-refractivity contribution >= 4 is 0 Å². The van der Waals surface area contributed by atoms with Crippen molar-refractivity contribution in [3.63, 3.8) is 0 Å². The van der Waals surface area contributed by atoms with Gasteiger partial charge in [-0.3, -0.25) is 0 Å². The summed E-state index contributed by atoms with van der Waals surface area (Å²) in [6.07, 6.45) is 1.16. The molecule has 0 aliphatic carbocycles. The summed E-state index contributed by atoms with van der Waals surface area (Å²) in [7, 11) is 0. The summed E-state index contributed by atoms with van der Waals surface area (Å²) in [4.78, 5) is 0. The van der Waals surface area contributed by atoms with Gasteiger partial charge in [0.25, 0.3) is 0 Å². The van der Waals surface area contributed by atoms with Gasteiger partial charge in [0.05, 0.1) is 58.5 Å². The van der Waals surface area contributed by atoms with Crippen molar-refractivity contribution in [2.24, 2.45) is 62.1 Å². The van der Waals surface area contributed by atoms with Crippen LogP contribution in [0.3, 0.4) is 0 Å². The van der Waals surface area contributed by atoms with Crippen LogP contribution in [-0.2, 0) is 23.7 Å². The molecule has 0 spiro atoms. The molecule has 0 aliphatic heterocycles. The van der Waals surface area contributed by atoms with Gasteiger partial charge in [-0.05, 0) is 65.6 Å². The van der Waals surface area contributed by atoms with Crippen LogP contribution in [0.15, 0.2) is 0 Å². The number of hydrogen-bond acceptors (Lipinski definition) is 5. The highest BCUT2D eigenvalue weighted by Gasteiger charge is 2.33. The summed E-state index contributed by atoms with van der Waals surface area (Å²) in [6, 6.07) is 0. The Balaban J connectivity index is 5.24. The van der Waals surface area contributed by atoms with Crippen molar-refractivity contribution in [2.75, 3.05) is 59.5 Å². The quantitative estimate of drug-likeness (QED) is 0.135. The molecule has 0 fully saturated rings. The zero-order valence-corrected chi connectivity index (χ0v) is 36.5. The van der Waals surface area contributed by atoms with Gasteiger partial charge in [0.2, 0.25) is 0 Å². The zero-order chi connectivity index (χ0) is 38.0. The fraction of sp³-hybridized carbons (Fsp3) is 1.00. The average molecular weight is 685 g/mol. The van der Waals surface area contributed by atoms with Crippen molar-refractivity contribution in [2.45, 2.75) is 157 Å². The Morgan fingerprint density at radius 2 is 0.500 bits per heavy atom. The minimum Gasteiger partial charge on any atom is -0.381 e. The summed E-state index contributed by atoms with van der Waals surface area (Å²) >= 11 is 0. The van der Waals surface area contributed by atoms with Crippen LogP contribution in [0.2, 0.25) is 0 Å². The molecule has 5 nitrogen and oxygen atoms in total. The van der Waals surface area contributed by atoms with Gasteiger partial charge in [0.15, 0.2) is 0 Å². The minimum absolute atomic E-state index is 0.0708. The van der Waals surface area contributed by atoms with Crippen LogP contribution in [0.1, 0.15) is 152 Å². The van der Waals surface area contributed by atoms with Crippen LogP contribution >= 0.6 is 0 Å². The van der Waals surface area contributed by atoms with Crippen molar-refractivity contribution in [3.05, 3.63) is 0 Å². The fourth-order valence-corrected chi connectivity index (χ4v) is 5.31. The highest BCUT2D eigenvalue weighted by Crippen LogP contribution is 2.37. The first-order valence-electron chi connectivity index (χ1n) is 19.2. The third kappa shape index (κ3) is 21.9. The lowest BCUT2D eigenvalue weighted by atomic mass is 9.72. The molecule has 0 rings (SSSR count). The fourth-order valence-electron chi connectivity index (χ4n) is 5.31. The van der Waals surface area contributed by atoms with Gasteiger partial charge < -0.3 is 23.7 Å². The van der Waals surface area contributed by atoms with E-state index in [0.29, 0.717) is 69.9 Å². The predicted molar refractivity (Wildman–Crippen MR) is 208 cm³/mol. The minimum atomic E-state index is -0.151. The number of hydrogen-bond donors (Lipinski definition) is 0. The maximum Gasteiger partial charge on any atom is 0.0598 e. The van der Waals surface area contributed by atoms with Gasteiger partial charge in [-0.2, -0.15) is 0 Å². The Morgan fingerprint density at radius 3 is 0.688 bits per heavy atom. The van der Waals surface area contributed by atoms with Gasteiger partial charge in [-0.1, -0.05) is 125 Å². The van der Waals surface area contributed by atoms with E-state index in [9.17, 15) is 0 Å². The van der Waals surface area contributed by atoms with Crippen LogP contribution in [0.5, 0.6) is 0 Å². The monoisotopic (exact) mass is 685 g/mol. The lowest BCUT2D eigenvalue weighted by Crippen LogP contribution is -2.37. The van der Waals surface area contributed by atoms with Gasteiger partial charge in [-0.25, -0.2) is 0 Å². The highest BCUT2D eigenvalue weighted by atomic mass is 16.5. The van der Waals surface area contributed by atoms with Gasteiger partial charge in [-0.15, -0.1) is 0 Å². The molecule has 0 aromatic carbocycles. The molecule has 290 valence electrons. The van der Waals surface area contributed by atoms with Crippen LogP contribution in [0, 0.1) is 62.1 Å². The molecule has 5 heteroatoms. The lowest BCUT2D eigenvalue weighted by molar-refractivity contribution is -0.0811. The summed E-state index contributed by atoms with van der Waals surface area (Å²) < 4.78 is 32.1. The van der Waals surface area contributed by atoms with E-state index in [0.717, 1.165) is 19.6 Å². The van der Waals surface area contributed by atoms with Crippen LogP contribution in [0.4, 0.5) is 0 Å². The topological polar surface area (TPSA) is 46.2 Å². The van der Waals surface area contributed by atoms with Crippen LogP contribution in [-0.4, -0.2) is 65.1 Å². The molecule has 0 amide bonds. The largest absolute Gasteiger partial charge is 0.381 e. The molecule has 5 unspecified atom stereocenters. The Labute approximate surface area is 302 Å². The summed E-state index contributed by atoms with van der Waals surface area (Å²) in [5.74, 6) is 1.75. The Hall–Kier alpha value is -0.200. The van der Waals surface area contributed by atoms with Crippen molar-refractivity contribution in [1.82, 2.24) is 0 Å². The first-order valence-corrected chi connectivity index (χ1v) is 19.2. The van der Waals surface area contributed by atoms with E-state index in [1.807, 2.05) is 0 Å². The van der Waals surface area contributed by atoms with E-state index < -0.39 is 0 Å². The molecule has 0 heterocycles. The molecule has 0 saturated heterocycles. The molecule has 0 bridgehead atoms. The second-order valence-corrected chi connectivity index (χ2v) is 22.7. The summed E-state index contributed by atoms with van der Waals surface area (Å²) in [6.45, 7) is 54.2. The average Bonchev–Trinajstić information content (AvgIpc) is 2.81. The van der Waals surface area contributed by atoms with Crippen LogP contribution < -0.4 is 0 Å². The second kappa shape index (κ2) is 19.0. The Bertz CT molecular complexity index is 845. The molecule has 0 aromatic heterocycles. The first-order chi connectivity index (χ1) is 21.2. The maximum atomic E-state index is 6.51. The van der Waals surface area contributed by atoms with Gasteiger partial charge >= 0.3 is 0 Å². The van der Waals surface area contributed by atoms with E-state index in [4.69, 9.17) is 23.7 Å². The van der Waals surface area contributed by atoms with Crippen molar-refractivity contribution in [3.8, 4) is 0 Å². The Morgan fingerprint density at radius 1 is 0.292 bits per heavy atom. The molecule has 0 aliphatic rings. The SMILES string of the molecule is CC(C)(C)CC(COCC(COCC(COCC(COCC(COC(C)(C)C)C(C)(C)C)C(C)(C)C)C(C)(C)C)C(C)(C)C)C(C)(C)C. The molecule has 48 heavy (non-hydrogen) atoms. The number of rotatable bonds is 19. The predicted octanol–water partition coefficient (Wildman–Crippen LogP) is 11.6. The second-order valence-electron chi connectivity index (χ2n) is 22.7.